The van der Waals surface area contributed by atoms with Gasteiger partial charge in [0.2, 0.25) is 0 Å². The second-order valence-corrected chi connectivity index (χ2v) is 7.28. The van der Waals surface area contributed by atoms with Crippen molar-refractivity contribution in [1.29, 1.82) is 0 Å². The van der Waals surface area contributed by atoms with E-state index in [1.165, 1.54) is 18.6 Å². The first-order valence-electron chi connectivity index (χ1n) is 9.91. The van der Waals surface area contributed by atoms with E-state index in [0.717, 1.165) is 61.0 Å². The van der Waals surface area contributed by atoms with Crippen molar-refractivity contribution in [2.75, 3.05) is 39.8 Å². The van der Waals surface area contributed by atoms with Gasteiger partial charge in [-0.05, 0) is 50.6 Å². The molecule has 0 saturated carbocycles. The van der Waals surface area contributed by atoms with Crippen LogP contribution < -0.4 is 5.32 Å². The van der Waals surface area contributed by atoms with Gasteiger partial charge in [0.05, 0.1) is 6.54 Å². The maximum Gasteiger partial charge on any atom is 0.194 e. The van der Waals surface area contributed by atoms with Crippen molar-refractivity contribution in [3.8, 4) is 0 Å². The molecular formula is C21H32FIN4O. The molecule has 1 aromatic carbocycles. The SMILES string of the molecule is CCN(CC)CC1CCN(C(=NC)NCc2oc3ccc(F)cc3c2C)C1.I. The maximum absolute atomic E-state index is 13.5. The number of fused-ring (bicyclic) bond motifs is 1. The molecule has 3 rings (SSSR count). The second kappa shape index (κ2) is 10.4. The molecule has 0 spiro atoms. The van der Waals surface area contributed by atoms with Crippen molar-refractivity contribution in [1.82, 2.24) is 15.1 Å². The highest BCUT2D eigenvalue weighted by molar-refractivity contribution is 14.0. The topological polar surface area (TPSA) is 44.0 Å². The van der Waals surface area contributed by atoms with Crippen LogP contribution in [0.2, 0.25) is 0 Å². The Morgan fingerprint density at radius 1 is 1.36 bits per heavy atom. The summed E-state index contributed by atoms with van der Waals surface area (Å²) in [6.45, 7) is 12.4. The van der Waals surface area contributed by atoms with E-state index in [4.69, 9.17) is 4.42 Å². The van der Waals surface area contributed by atoms with Crippen LogP contribution in [0.1, 0.15) is 31.6 Å². The summed E-state index contributed by atoms with van der Waals surface area (Å²) < 4.78 is 19.4. The van der Waals surface area contributed by atoms with Gasteiger partial charge < -0.3 is 19.5 Å². The van der Waals surface area contributed by atoms with E-state index in [1.54, 1.807) is 6.07 Å². The van der Waals surface area contributed by atoms with Crippen LogP contribution in [-0.4, -0.2) is 55.5 Å². The van der Waals surface area contributed by atoms with Gasteiger partial charge >= 0.3 is 0 Å². The first-order chi connectivity index (χ1) is 13.0. The zero-order valence-corrected chi connectivity index (χ0v) is 19.6. The van der Waals surface area contributed by atoms with Crippen LogP contribution >= 0.6 is 24.0 Å². The number of nitrogens with zero attached hydrogens (tertiary/aromatic N) is 3. The number of aliphatic imine (C=N–C) groups is 1. The fourth-order valence-electron chi connectivity index (χ4n) is 3.93. The predicted octanol–water partition coefficient (Wildman–Crippen LogP) is 4.24. The van der Waals surface area contributed by atoms with Crippen molar-refractivity contribution < 1.29 is 8.81 Å². The highest BCUT2D eigenvalue weighted by Gasteiger charge is 2.26. The summed E-state index contributed by atoms with van der Waals surface area (Å²) >= 11 is 0. The van der Waals surface area contributed by atoms with Crippen LogP contribution in [0, 0.1) is 18.7 Å². The molecule has 7 heteroatoms. The summed E-state index contributed by atoms with van der Waals surface area (Å²) in [5.74, 6) is 2.18. The van der Waals surface area contributed by atoms with Gasteiger partial charge in [0.1, 0.15) is 17.2 Å². The lowest BCUT2D eigenvalue weighted by Crippen LogP contribution is -2.40. The molecule has 1 aliphatic heterocycles. The Hall–Kier alpha value is -1.35. The summed E-state index contributed by atoms with van der Waals surface area (Å²) in [7, 11) is 1.82. The van der Waals surface area contributed by atoms with Crippen LogP contribution in [0.3, 0.4) is 0 Å². The molecule has 1 N–H and O–H groups in total. The summed E-state index contributed by atoms with van der Waals surface area (Å²) in [5, 5.41) is 4.26. The molecule has 0 amide bonds. The Kier molecular flexibility index (Phi) is 8.55. The first kappa shape index (κ1) is 22.9. The van der Waals surface area contributed by atoms with E-state index in [1.807, 2.05) is 14.0 Å². The van der Waals surface area contributed by atoms with E-state index in [2.05, 4.69) is 34.0 Å². The lowest BCUT2D eigenvalue weighted by molar-refractivity contribution is 0.255. The molecule has 1 unspecified atom stereocenters. The van der Waals surface area contributed by atoms with Gasteiger partial charge in [0.25, 0.3) is 0 Å². The lowest BCUT2D eigenvalue weighted by atomic mass is 10.1. The highest BCUT2D eigenvalue weighted by atomic mass is 127. The van der Waals surface area contributed by atoms with E-state index in [-0.39, 0.29) is 29.8 Å². The van der Waals surface area contributed by atoms with Gasteiger partial charge in [-0.2, -0.15) is 0 Å². The number of hydrogen-bond acceptors (Lipinski definition) is 3. The smallest absolute Gasteiger partial charge is 0.194 e. The van der Waals surface area contributed by atoms with Crippen LogP contribution in [-0.2, 0) is 6.54 Å². The Bertz CT molecular complexity index is 803. The summed E-state index contributed by atoms with van der Waals surface area (Å²) in [6.07, 6.45) is 1.19. The molecule has 0 bridgehead atoms. The average molecular weight is 502 g/mol. The van der Waals surface area contributed by atoms with Crippen LogP contribution in [0.25, 0.3) is 11.0 Å². The molecule has 28 heavy (non-hydrogen) atoms. The third kappa shape index (κ3) is 5.17. The highest BCUT2D eigenvalue weighted by Crippen LogP contribution is 2.26. The Balaban J connectivity index is 0.00000280. The van der Waals surface area contributed by atoms with Crippen molar-refractivity contribution >= 4 is 40.9 Å². The number of hydrogen-bond donors (Lipinski definition) is 1. The first-order valence-corrected chi connectivity index (χ1v) is 9.91. The largest absolute Gasteiger partial charge is 0.459 e. The zero-order chi connectivity index (χ0) is 19.4. The minimum absolute atomic E-state index is 0. The number of guanidine groups is 1. The fourth-order valence-corrected chi connectivity index (χ4v) is 3.93. The van der Waals surface area contributed by atoms with Crippen molar-refractivity contribution in [2.45, 2.75) is 33.7 Å². The number of likely N-dealkylation sites (tertiary alicyclic amines) is 1. The summed E-state index contributed by atoms with van der Waals surface area (Å²) in [4.78, 5) is 9.27. The monoisotopic (exact) mass is 502 g/mol. The van der Waals surface area contributed by atoms with Gasteiger partial charge in [0.15, 0.2) is 5.96 Å². The van der Waals surface area contributed by atoms with Gasteiger partial charge in [-0.25, -0.2) is 4.39 Å². The minimum Gasteiger partial charge on any atom is -0.459 e. The minimum atomic E-state index is -0.238. The predicted molar refractivity (Wildman–Crippen MR) is 124 cm³/mol. The Labute approximate surface area is 184 Å². The third-order valence-electron chi connectivity index (χ3n) is 5.61. The molecule has 1 aromatic heterocycles. The summed E-state index contributed by atoms with van der Waals surface area (Å²) in [5.41, 5.74) is 1.70. The number of benzene rings is 1. The summed E-state index contributed by atoms with van der Waals surface area (Å²) in [6, 6.07) is 4.65. The van der Waals surface area contributed by atoms with Crippen molar-refractivity contribution in [3.63, 3.8) is 0 Å². The number of rotatable bonds is 6. The van der Waals surface area contributed by atoms with Crippen LogP contribution in [0.5, 0.6) is 0 Å². The average Bonchev–Trinajstić information content (AvgIpc) is 3.26. The molecule has 1 fully saturated rings. The van der Waals surface area contributed by atoms with Gasteiger partial charge in [0, 0.05) is 37.6 Å². The number of nitrogens with one attached hydrogen (secondary N) is 1. The van der Waals surface area contributed by atoms with E-state index in [9.17, 15) is 4.39 Å². The molecule has 0 aliphatic carbocycles. The van der Waals surface area contributed by atoms with Crippen LogP contribution in [0.15, 0.2) is 27.6 Å². The van der Waals surface area contributed by atoms with Crippen molar-refractivity contribution in [3.05, 3.63) is 35.3 Å². The van der Waals surface area contributed by atoms with Gasteiger partial charge in [-0.15, -0.1) is 24.0 Å². The molecule has 2 heterocycles. The third-order valence-corrected chi connectivity index (χ3v) is 5.61. The second-order valence-electron chi connectivity index (χ2n) is 7.28. The van der Waals surface area contributed by atoms with Gasteiger partial charge in [-0.1, -0.05) is 13.8 Å². The Morgan fingerprint density at radius 2 is 2.11 bits per heavy atom. The molecule has 5 nitrogen and oxygen atoms in total. The molecule has 2 aromatic rings. The molecule has 156 valence electrons. The van der Waals surface area contributed by atoms with E-state index < -0.39 is 0 Å². The van der Waals surface area contributed by atoms with Crippen LogP contribution in [0.4, 0.5) is 4.39 Å². The lowest BCUT2D eigenvalue weighted by Gasteiger charge is -2.24. The number of halogens is 2. The molecule has 0 radical (unpaired) electrons. The van der Waals surface area contributed by atoms with Gasteiger partial charge in [-0.3, -0.25) is 4.99 Å². The maximum atomic E-state index is 13.5. The Morgan fingerprint density at radius 3 is 2.79 bits per heavy atom. The standard InChI is InChI=1S/C21H31FN4O.HI/c1-5-25(6-2)13-16-9-10-26(14-16)21(23-4)24-12-20-15(3)18-11-17(22)7-8-19(18)27-20;/h7-8,11,16H,5-6,9-10,12-14H2,1-4H3,(H,23,24);1H. The van der Waals surface area contributed by atoms with Crippen molar-refractivity contribution in [2.24, 2.45) is 10.9 Å². The zero-order valence-electron chi connectivity index (χ0n) is 17.3. The van der Waals surface area contributed by atoms with E-state index in [0.29, 0.717) is 12.5 Å². The van der Waals surface area contributed by atoms with E-state index >= 15 is 0 Å². The number of furan rings is 1. The molecule has 1 atom stereocenters. The molecule has 1 saturated heterocycles. The molecule has 1 aliphatic rings. The number of aryl methyl sites for hydroxylation is 1. The molecular weight excluding hydrogens is 470 g/mol. The normalized spacial score (nSPS) is 17.4. The quantitative estimate of drug-likeness (QED) is 0.365. The fraction of sp³-hybridized carbons (Fsp3) is 0.571.